The molecular weight excluding hydrogens is 410 g/mol. The molecule has 0 bridgehead atoms. The van der Waals surface area contributed by atoms with E-state index in [4.69, 9.17) is 16.3 Å². The maximum absolute atomic E-state index is 12.3. The highest BCUT2D eigenvalue weighted by Gasteiger charge is 2.17. The van der Waals surface area contributed by atoms with Gasteiger partial charge in [-0.05, 0) is 37.3 Å². The van der Waals surface area contributed by atoms with Crippen molar-refractivity contribution in [1.29, 1.82) is 0 Å². The lowest BCUT2D eigenvalue weighted by atomic mass is 10.2. The number of H-pyrrole nitrogens is 1. The normalized spacial score (nSPS) is 11.1. The second-order valence-electron chi connectivity index (χ2n) is 6.21. The van der Waals surface area contributed by atoms with Gasteiger partial charge in [-0.25, -0.2) is 4.98 Å². The van der Waals surface area contributed by atoms with Crippen LogP contribution in [-0.4, -0.2) is 31.8 Å². The molecular formula is C20H18ClN5O2S. The Kier molecular flexibility index (Phi) is 5.55. The summed E-state index contributed by atoms with van der Waals surface area (Å²) in [5.74, 6) is 2.50. The molecule has 7 nitrogen and oxygen atoms in total. The number of hydrogen-bond donors (Lipinski definition) is 1. The number of para-hydroxylation sites is 1. The van der Waals surface area contributed by atoms with Crippen LogP contribution in [0.3, 0.4) is 0 Å². The number of halogens is 1. The first-order valence-corrected chi connectivity index (χ1v) is 10.3. The maximum Gasteiger partial charge on any atom is 0.258 e. The Morgan fingerprint density at radius 1 is 1.21 bits per heavy atom. The smallest absolute Gasteiger partial charge is 0.258 e. The van der Waals surface area contributed by atoms with E-state index in [1.54, 1.807) is 25.3 Å². The van der Waals surface area contributed by atoms with Crippen molar-refractivity contribution >= 4 is 34.3 Å². The van der Waals surface area contributed by atoms with Crippen LogP contribution in [0, 0.1) is 0 Å². The van der Waals surface area contributed by atoms with Crippen LogP contribution in [0.25, 0.3) is 22.3 Å². The molecule has 0 unspecified atom stereocenters. The average Bonchev–Trinajstić information content (AvgIpc) is 3.15. The van der Waals surface area contributed by atoms with Crippen LogP contribution in [-0.2, 0) is 12.3 Å². The van der Waals surface area contributed by atoms with Crippen LogP contribution in [0.2, 0.25) is 5.02 Å². The molecule has 0 saturated carbocycles. The Bertz CT molecular complexity index is 1240. The summed E-state index contributed by atoms with van der Waals surface area (Å²) < 4.78 is 7.47. The van der Waals surface area contributed by atoms with Crippen LogP contribution in [0.15, 0.2) is 52.4 Å². The standard InChI is InChI=1S/C20H18ClN5O2S/c1-3-26-18(13-6-4-5-7-16(13)28-2)24-25-20(26)29-11-17-22-15-9-8-12(21)10-14(15)19(27)23-17/h4-10H,3,11H2,1-2H3,(H,22,23,27). The van der Waals surface area contributed by atoms with Gasteiger partial charge in [0.05, 0.1) is 29.3 Å². The molecule has 2 aromatic heterocycles. The summed E-state index contributed by atoms with van der Waals surface area (Å²) in [6.07, 6.45) is 0. The van der Waals surface area contributed by atoms with E-state index in [-0.39, 0.29) is 5.56 Å². The van der Waals surface area contributed by atoms with E-state index in [1.807, 2.05) is 35.8 Å². The number of methoxy groups -OCH3 is 1. The number of thioether (sulfide) groups is 1. The topological polar surface area (TPSA) is 85.7 Å². The van der Waals surface area contributed by atoms with Gasteiger partial charge in [-0.1, -0.05) is 35.5 Å². The summed E-state index contributed by atoms with van der Waals surface area (Å²) in [6.45, 7) is 2.73. The highest BCUT2D eigenvalue weighted by molar-refractivity contribution is 7.98. The number of ether oxygens (including phenoxy) is 1. The van der Waals surface area contributed by atoms with Crippen molar-refractivity contribution in [3.8, 4) is 17.1 Å². The molecule has 0 fully saturated rings. The highest BCUT2D eigenvalue weighted by atomic mass is 35.5. The summed E-state index contributed by atoms with van der Waals surface area (Å²) in [7, 11) is 1.63. The molecule has 0 spiro atoms. The van der Waals surface area contributed by atoms with Crippen LogP contribution in [0.4, 0.5) is 0 Å². The largest absolute Gasteiger partial charge is 0.496 e. The molecule has 2 aromatic carbocycles. The SMILES string of the molecule is CCn1c(SCc2nc3ccc(Cl)cc3c(=O)[nH]2)nnc1-c1ccccc1OC. The van der Waals surface area contributed by atoms with Gasteiger partial charge < -0.3 is 14.3 Å². The van der Waals surface area contributed by atoms with E-state index in [1.165, 1.54) is 11.8 Å². The van der Waals surface area contributed by atoms with Gasteiger partial charge in [-0.3, -0.25) is 4.79 Å². The predicted molar refractivity (Wildman–Crippen MR) is 115 cm³/mol. The zero-order valence-corrected chi connectivity index (χ0v) is 17.4. The van der Waals surface area contributed by atoms with Crippen molar-refractivity contribution in [2.24, 2.45) is 0 Å². The van der Waals surface area contributed by atoms with Crippen molar-refractivity contribution in [3.63, 3.8) is 0 Å². The fourth-order valence-electron chi connectivity index (χ4n) is 3.07. The highest BCUT2D eigenvalue weighted by Crippen LogP contribution is 2.31. The minimum Gasteiger partial charge on any atom is -0.496 e. The molecule has 29 heavy (non-hydrogen) atoms. The third-order valence-electron chi connectivity index (χ3n) is 4.44. The number of nitrogens with zero attached hydrogens (tertiary/aromatic N) is 4. The van der Waals surface area contributed by atoms with Gasteiger partial charge in [0.15, 0.2) is 11.0 Å². The van der Waals surface area contributed by atoms with Gasteiger partial charge in [0.25, 0.3) is 5.56 Å². The van der Waals surface area contributed by atoms with E-state index in [9.17, 15) is 4.79 Å². The molecule has 4 aromatic rings. The van der Waals surface area contributed by atoms with E-state index < -0.39 is 0 Å². The quantitative estimate of drug-likeness (QED) is 0.465. The summed E-state index contributed by atoms with van der Waals surface area (Å²) in [6, 6.07) is 12.8. The van der Waals surface area contributed by atoms with Gasteiger partial charge >= 0.3 is 0 Å². The minimum atomic E-state index is -0.209. The van der Waals surface area contributed by atoms with Crippen molar-refractivity contribution in [1.82, 2.24) is 24.7 Å². The van der Waals surface area contributed by atoms with Crippen molar-refractivity contribution in [3.05, 3.63) is 63.7 Å². The van der Waals surface area contributed by atoms with Gasteiger partial charge in [0.1, 0.15) is 11.6 Å². The van der Waals surface area contributed by atoms with Crippen LogP contribution >= 0.6 is 23.4 Å². The molecule has 0 aliphatic rings. The number of rotatable bonds is 6. The predicted octanol–water partition coefficient (Wildman–Crippen LogP) is 4.16. The lowest BCUT2D eigenvalue weighted by Gasteiger charge is -2.10. The van der Waals surface area contributed by atoms with E-state index >= 15 is 0 Å². The zero-order valence-electron chi connectivity index (χ0n) is 15.8. The van der Waals surface area contributed by atoms with Crippen LogP contribution < -0.4 is 10.3 Å². The second-order valence-corrected chi connectivity index (χ2v) is 7.59. The lowest BCUT2D eigenvalue weighted by molar-refractivity contribution is 0.416. The molecule has 9 heteroatoms. The monoisotopic (exact) mass is 427 g/mol. The Hall–Kier alpha value is -2.84. The first-order valence-electron chi connectivity index (χ1n) is 8.98. The van der Waals surface area contributed by atoms with Crippen LogP contribution in [0.5, 0.6) is 5.75 Å². The van der Waals surface area contributed by atoms with E-state index in [0.717, 1.165) is 22.3 Å². The molecule has 4 rings (SSSR count). The van der Waals surface area contributed by atoms with E-state index in [0.29, 0.717) is 34.0 Å². The number of fused-ring (bicyclic) bond motifs is 1. The molecule has 0 radical (unpaired) electrons. The fourth-order valence-corrected chi connectivity index (χ4v) is 4.11. The summed E-state index contributed by atoms with van der Waals surface area (Å²) in [4.78, 5) is 19.7. The summed E-state index contributed by atoms with van der Waals surface area (Å²) in [5, 5.41) is 10.4. The molecule has 0 aliphatic heterocycles. The Labute approximate surface area is 176 Å². The van der Waals surface area contributed by atoms with E-state index in [2.05, 4.69) is 20.2 Å². The Morgan fingerprint density at radius 2 is 2.03 bits per heavy atom. The Balaban J connectivity index is 1.63. The molecule has 148 valence electrons. The van der Waals surface area contributed by atoms with Crippen molar-refractivity contribution < 1.29 is 4.74 Å². The van der Waals surface area contributed by atoms with Gasteiger partial charge in [0, 0.05) is 11.6 Å². The summed E-state index contributed by atoms with van der Waals surface area (Å²) in [5.41, 5.74) is 1.28. The number of benzene rings is 2. The van der Waals surface area contributed by atoms with Gasteiger partial charge in [-0.2, -0.15) is 0 Å². The third-order valence-corrected chi connectivity index (χ3v) is 5.65. The lowest BCUT2D eigenvalue weighted by Crippen LogP contribution is -2.11. The first kappa shape index (κ1) is 19.5. The molecule has 1 N–H and O–H groups in total. The van der Waals surface area contributed by atoms with Gasteiger partial charge in [0.2, 0.25) is 0 Å². The minimum absolute atomic E-state index is 0.209. The summed E-state index contributed by atoms with van der Waals surface area (Å²) >= 11 is 7.43. The zero-order chi connectivity index (χ0) is 20.4. The van der Waals surface area contributed by atoms with Crippen molar-refractivity contribution in [2.45, 2.75) is 24.4 Å². The maximum atomic E-state index is 12.3. The molecule has 0 saturated heterocycles. The molecule has 2 heterocycles. The Morgan fingerprint density at radius 3 is 2.83 bits per heavy atom. The molecule has 0 amide bonds. The second kappa shape index (κ2) is 8.26. The third kappa shape index (κ3) is 3.86. The number of aromatic nitrogens is 5. The number of hydrogen-bond acceptors (Lipinski definition) is 6. The fraction of sp³-hybridized carbons (Fsp3) is 0.200. The van der Waals surface area contributed by atoms with Crippen LogP contribution in [0.1, 0.15) is 12.7 Å². The van der Waals surface area contributed by atoms with Crippen molar-refractivity contribution in [2.75, 3.05) is 7.11 Å². The number of aromatic amines is 1. The molecule has 0 atom stereocenters. The average molecular weight is 428 g/mol. The molecule has 0 aliphatic carbocycles. The van der Waals surface area contributed by atoms with Gasteiger partial charge in [-0.15, -0.1) is 10.2 Å². The number of nitrogens with one attached hydrogen (secondary N) is 1. The first-order chi connectivity index (χ1) is 14.1.